The van der Waals surface area contributed by atoms with Crippen LogP contribution in [0.5, 0.6) is 0 Å². The van der Waals surface area contributed by atoms with Crippen LogP contribution in [0.2, 0.25) is 0 Å². The SMILES string of the molecule is C=C(C)COCCNC(=O)N1CCC(CC(=O)O)C1. The molecule has 0 saturated carbocycles. The first kappa shape index (κ1) is 15.5. The number of hydrogen-bond acceptors (Lipinski definition) is 3. The van der Waals surface area contributed by atoms with Crippen LogP contribution in [0.25, 0.3) is 0 Å². The average molecular weight is 270 g/mol. The summed E-state index contributed by atoms with van der Waals surface area (Å²) in [6.07, 6.45) is 0.886. The Hall–Kier alpha value is -1.56. The predicted molar refractivity (Wildman–Crippen MR) is 71.0 cm³/mol. The number of carbonyl (C=O) groups is 2. The molecule has 2 N–H and O–H groups in total. The Kier molecular flexibility index (Phi) is 6.35. The Morgan fingerprint density at radius 1 is 1.53 bits per heavy atom. The molecule has 1 fully saturated rings. The largest absolute Gasteiger partial charge is 0.481 e. The maximum Gasteiger partial charge on any atom is 0.317 e. The normalized spacial score (nSPS) is 18.4. The number of carboxylic acids is 1. The molecule has 0 aromatic heterocycles. The molecule has 1 unspecified atom stereocenters. The topological polar surface area (TPSA) is 78.9 Å². The molecule has 6 heteroatoms. The Morgan fingerprint density at radius 3 is 2.89 bits per heavy atom. The number of likely N-dealkylation sites (tertiary alicyclic amines) is 1. The fourth-order valence-corrected chi connectivity index (χ4v) is 2.02. The Morgan fingerprint density at radius 2 is 2.26 bits per heavy atom. The van der Waals surface area contributed by atoms with Crippen LogP contribution in [0.4, 0.5) is 4.79 Å². The summed E-state index contributed by atoms with van der Waals surface area (Å²) in [5.74, 6) is -0.733. The molecule has 19 heavy (non-hydrogen) atoms. The van der Waals surface area contributed by atoms with Crippen LogP contribution >= 0.6 is 0 Å². The number of nitrogens with one attached hydrogen (secondary N) is 1. The van der Waals surface area contributed by atoms with Gasteiger partial charge in [-0.15, -0.1) is 0 Å². The zero-order valence-electron chi connectivity index (χ0n) is 11.4. The number of rotatable bonds is 7. The molecule has 0 bridgehead atoms. The molecular weight excluding hydrogens is 248 g/mol. The van der Waals surface area contributed by atoms with Gasteiger partial charge in [-0.3, -0.25) is 4.79 Å². The molecule has 0 radical (unpaired) electrons. The highest BCUT2D eigenvalue weighted by atomic mass is 16.5. The van der Waals surface area contributed by atoms with Gasteiger partial charge in [0.05, 0.1) is 13.2 Å². The van der Waals surface area contributed by atoms with E-state index in [1.54, 1.807) is 4.90 Å². The molecular formula is C13H22N2O4. The van der Waals surface area contributed by atoms with Crippen LogP contribution in [0.3, 0.4) is 0 Å². The van der Waals surface area contributed by atoms with Gasteiger partial charge in [-0.2, -0.15) is 0 Å². The Balaban J connectivity index is 2.13. The number of nitrogens with zero attached hydrogens (tertiary/aromatic N) is 1. The van der Waals surface area contributed by atoms with Gasteiger partial charge < -0.3 is 20.1 Å². The summed E-state index contributed by atoms with van der Waals surface area (Å²) < 4.78 is 5.27. The summed E-state index contributed by atoms with van der Waals surface area (Å²) in [7, 11) is 0. The molecule has 0 aliphatic carbocycles. The van der Waals surface area contributed by atoms with Gasteiger partial charge in [0.15, 0.2) is 0 Å². The highest BCUT2D eigenvalue weighted by molar-refractivity contribution is 5.74. The second-order valence-corrected chi connectivity index (χ2v) is 4.94. The van der Waals surface area contributed by atoms with Crippen LogP contribution in [0.15, 0.2) is 12.2 Å². The first-order chi connectivity index (χ1) is 8.99. The van der Waals surface area contributed by atoms with Gasteiger partial charge in [-0.05, 0) is 19.3 Å². The molecule has 108 valence electrons. The highest BCUT2D eigenvalue weighted by Crippen LogP contribution is 2.19. The van der Waals surface area contributed by atoms with Crippen LogP contribution in [0, 0.1) is 5.92 Å². The van der Waals surface area contributed by atoms with E-state index in [0.717, 1.165) is 12.0 Å². The van der Waals surface area contributed by atoms with Crippen molar-refractivity contribution in [3.63, 3.8) is 0 Å². The molecule has 1 aliphatic heterocycles. The standard InChI is InChI=1S/C13H22N2O4/c1-10(2)9-19-6-4-14-13(18)15-5-3-11(8-15)7-12(16)17/h11H,1,3-9H2,2H3,(H,14,18)(H,16,17). The zero-order valence-corrected chi connectivity index (χ0v) is 11.4. The minimum Gasteiger partial charge on any atom is -0.481 e. The Labute approximate surface area is 113 Å². The van der Waals surface area contributed by atoms with Crippen molar-refractivity contribution in [3.8, 4) is 0 Å². The quantitative estimate of drug-likeness (QED) is 0.536. The van der Waals surface area contributed by atoms with Gasteiger partial charge in [0.1, 0.15) is 0 Å². The third-order valence-electron chi connectivity index (χ3n) is 2.91. The minimum absolute atomic E-state index is 0.0721. The summed E-state index contributed by atoms with van der Waals surface area (Å²) in [4.78, 5) is 24.0. The van der Waals surface area contributed by atoms with Crippen molar-refractivity contribution < 1.29 is 19.4 Å². The molecule has 1 aliphatic rings. The lowest BCUT2D eigenvalue weighted by Gasteiger charge is -2.17. The molecule has 6 nitrogen and oxygen atoms in total. The van der Waals surface area contributed by atoms with E-state index in [0.29, 0.717) is 32.8 Å². The van der Waals surface area contributed by atoms with Crippen molar-refractivity contribution in [2.45, 2.75) is 19.8 Å². The second kappa shape index (κ2) is 7.78. The predicted octanol–water partition coefficient (Wildman–Crippen LogP) is 1.09. The van der Waals surface area contributed by atoms with Crippen molar-refractivity contribution in [3.05, 3.63) is 12.2 Å². The summed E-state index contributed by atoms with van der Waals surface area (Å²) >= 11 is 0. The summed E-state index contributed by atoms with van der Waals surface area (Å²) in [6.45, 7) is 8.13. The smallest absolute Gasteiger partial charge is 0.317 e. The number of carbonyl (C=O) groups excluding carboxylic acids is 1. The van der Waals surface area contributed by atoms with Gasteiger partial charge in [0, 0.05) is 26.1 Å². The molecule has 0 spiro atoms. The van der Waals surface area contributed by atoms with Gasteiger partial charge >= 0.3 is 12.0 Å². The van der Waals surface area contributed by atoms with Crippen LogP contribution in [-0.4, -0.2) is 54.9 Å². The molecule has 1 rings (SSSR count). The van der Waals surface area contributed by atoms with E-state index in [9.17, 15) is 9.59 Å². The number of carboxylic acid groups (broad SMARTS) is 1. The van der Waals surface area contributed by atoms with E-state index >= 15 is 0 Å². The van der Waals surface area contributed by atoms with E-state index in [4.69, 9.17) is 9.84 Å². The van der Waals surface area contributed by atoms with E-state index < -0.39 is 5.97 Å². The fraction of sp³-hybridized carbons (Fsp3) is 0.692. The van der Waals surface area contributed by atoms with Crippen molar-refractivity contribution in [2.24, 2.45) is 5.92 Å². The molecule has 1 heterocycles. The van der Waals surface area contributed by atoms with E-state index in [2.05, 4.69) is 11.9 Å². The van der Waals surface area contributed by atoms with Crippen molar-refractivity contribution in [1.29, 1.82) is 0 Å². The average Bonchev–Trinajstić information content (AvgIpc) is 2.75. The highest BCUT2D eigenvalue weighted by Gasteiger charge is 2.27. The van der Waals surface area contributed by atoms with Gasteiger partial charge in [-0.25, -0.2) is 4.79 Å². The van der Waals surface area contributed by atoms with Crippen molar-refractivity contribution >= 4 is 12.0 Å². The van der Waals surface area contributed by atoms with Gasteiger partial charge in [-0.1, -0.05) is 12.2 Å². The fourth-order valence-electron chi connectivity index (χ4n) is 2.02. The molecule has 0 aromatic carbocycles. The van der Waals surface area contributed by atoms with Crippen molar-refractivity contribution in [1.82, 2.24) is 10.2 Å². The molecule has 1 atom stereocenters. The van der Waals surface area contributed by atoms with Crippen LogP contribution in [-0.2, 0) is 9.53 Å². The maximum absolute atomic E-state index is 11.8. The monoisotopic (exact) mass is 270 g/mol. The lowest BCUT2D eigenvalue weighted by atomic mass is 10.1. The second-order valence-electron chi connectivity index (χ2n) is 4.94. The lowest BCUT2D eigenvalue weighted by molar-refractivity contribution is -0.138. The maximum atomic E-state index is 11.8. The van der Waals surface area contributed by atoms with E-state index in [1.165, 1.54) is 0 Å². The van der Waals surface area contributed by atoms with Crippen molar-refractivity contribution in [2.75, 3.05) is 32.8 Å². The summed E-state index contributed by atoms with van der Waals surface area (Å²) in [5.41, 5.74) is 0.947. The lowest BCUT2D eigenvalue weighted by Crippen LogP contribution is -2.40. The molecule has 0 aromatic rings. The summed E-state index contributed by atoms with van der Waals surface area (Å²) in [5, 5.41) is 11.5. The van der Waals surface area contributed by atoms with E-state index in [1.807, 2.05) is 6.92 Å². The minimum atomic E-state index is -0.805. The first-order valence-electron chi connectivity index (χ1n) is 6.45. The third kappa shape index (κ3) is 6.24. The third-order valence-corrected chi connectivity index (χ3v) is 2.91. The number of amides is 2. The van der Waals surface area contributed by atoms with Gasteiger partial charge in [0.25, 0.3) is 0 Å². The Bertz CT molecular complexity index is 344. The number of aliphatic carboxylic acids is 1. The number of urea groups is 1. The van der Waals surface area contributed by atoms with E-state index in [-0.39, 0.29) is 18.4 Å². The van der Waals surface area contributed by atoms with Crippen LogP contribution in [0.1, 0.15) is 19.8 Å². The van der Waals surface area contributed by atoms with Gasteiger partial charge in [0.2, 0.25) is 0 Å². The first-order valence-corrected chi connectivity index (χ1v) is 6.45. The summed E-state index contributed by atoms with van der Waals surface area (Å²) in [6, 6.07) is -0.146. The molecule has 2 amide bonds. The molecule has 1 saturated heterocycles. The number of ether oxygens (including phenoxy) is 1. The number of hydrogen-bond donors (Lipinski definition) is 2. The zero-order chi connectivity index (χ0) is 14.3. The van der Waals surface area contributed by atoms with Crippen LogP contribution < -0.4 is 5.32 Å².